The fourth-order valence-corrected chi connectivity index (χ4v) is 2.46. The van der Waals surface area contributed by atoms with Crippen LogP contribution in [0.4, 0.5) is 0 Å². The first-order chi connectivity index (χ1) is 9.04. The summed E-state index contributed by atoms with van der Waals surface area (Å²) < 4.78 is 11.7. The van der Waals surface area contributed by atoms with Gasteiger partial charge in [-0.2, -0.15) is 0 Å². The van der Waals surface area contributed by atoms with Crippen LogP contribution in [-0.4, -0.2) is 12.7 Å². The third kappa shape index (κ3) is 2.82. The molecule has 2 aromatic rings. The molecule has 0 amide bonds. The molecule has 2 rings (SSSR count). The molecule has 0 spiro atoms. The van der Waals surface area contributed by atoms with Crippen LogP contribution in [0.25, 0.3) is 11.0 Å². The highest BCUT2D eigenvalue weighted by molar-refractivity contribution is 5.81. The van der Waals surface area contributed by atoms with Crippen molar-refractivity contribution in [3.8, 4) is 0 Å². The molecule has 1 aromatic carbocycles. The molecule has 0 aliphatic carbocycles. The minimum Gasteiger partial charge on any atom is -0.459 e. The molecule has 19 heavy (non-hydrogen) atoms. The summed E-state index contributed by atoms with van der Waals surface area (Å²) in [5, 5.41) is 1.10. The number of furan rings is 1. The Labute approximate surface area is 114 Å². The van der Waals surface area contributed by atoms with Crippen LogP contribution in [0.2, 0.25) is 0 Å². The van der Waals surface area contributed by atoms with E-state index in [9.17, 15) is 0 Å². The van der Waals surface area contributed by atoms with Gasteiger partial charge in [0, 0.05) is 12.0 Å². The molecule has 2 atom stereocenters. The summed E-state index contributed by atoms with van der Waals surface area (Å²) >= 11 is 0. The minimum absolute atomic E-state index is 0.0223. The quantitative estimate of drug-likeness (QED) is 0.890. The van der Waals surface area contributed by atoms with E-state index in [2.05, 4.69) is 13.8 Å². The number of hydrogen-bond acceptors (Lipinski definition) is 3. The molecular weight excluding hydrogens is 238 g/mol. The first-order valence-electron chi connectivity index (χ1n) is 6.90. The molecule has 3 heteroatoms. The standard InChI is InChI=1S/C16H23NO2/c1-5-18-15(10(2)3)14(17)13-9-12-8-6-7-11(4)16(12)19-13/h6-10,14-15H,5,17H2,1-4H3. The Morgan fingerprint density at radius 2 is 2.05 bits per heavy atom. The van der Waals surface area contributed by atoms with Crippen molar-refractivity contribution in [1.29, 1.82) is 0 Å². The summed E-state index contributed by atoms with van der Waals surface area (Å²) in [6.07, 6.45) is -0.0223. The molecule has 0 aliphatic heterocycles. The highest BCUT2D eigenvalue weighted by atomic mass is 16.5. The van der Waals surface area contributed by atoms with Crippen LogP contribution in [0, 0.1) is 12.8 Å². The predicted molar refractivity (Wildman–Crippen MR) is 78.1 cm³/mol. The molecule has 1 heterocycles. The lowest BCUT2D eigenvalue weighted by Gasteiger charge is -2.25. The third-order valence-electron chi connectivity index (χ3n) is 3.46. The molecule has 0 saturated heterocycles. The van der Waals surface area contributed by atoms with E-state index >= 15 is 0 Å². The van der Waals surface area contributed by atoms with Crippen molar-refractivity contribution in [3.05, 3.63) is 35.6 Å². The van der Waals surface area contributed by atoms with E-state index in [1.165, 1.54) is 0 Å². The largest absolute Gasteiger partial charge is 0.459 e. The Kier molecular flexibility index (Phi) is 4.27. The summed E-state index contributed by atoms with van der Waals surface area (Å²) in [4.78, 5) is 0. The normalized spacial score (nSPS) is 15.1. The summed E-state index contributed by atoms with van der Waals surface area (Å²) in [7, 11) is 0. The zero-order valence-corrected chi connectivity index (χ0v) is 12.1. The van der Waals surface area contributed by atoms with Gasteiger partial charge in [0.15, 0.2) is 0 Å². The average Bonchev–Trinajstić information content (AvgIpc) is 2.80. The SMILES string of the molecule is CCOC(C(C)C)C(N)c1cc2cccc(C)c2o1. The Morgan fingerprint density at radius 1 is 1.32 bits per heavy atom. The van der Waals surface area contributed by atoms with Crippen LogP contribution in [0.3, 0.4) is 0 Å². The number of nitrogens with two attached hydrogens (primary N) is 1. The number of rotatable bonds is 5. The van der Waals surface area contributed by atoms with Crippen molar-refractivity contribution in [2.75, 3.05) is 6.61 Å². The smallest absolute Gasteiger partial charge is 0.137 e. The van der Waals surface area contributed by atoms with E-state index in [-0.39, 0.29) is 12.1 Å². The summed E-state index contributed by atoms with van der Waals surface area (Å²) in [6.45, 7) is 8.94. The van der Waals surface area contributed by atoms with E-state index in [1.54, 1.807) is 0 Å². The number of fused-ring (bicyclic) bond motifs is 1. The highest BCUT2D eigenvalue weighted by Gasteiger charge is 2.26. The monoisotopic (exact) mass is 261 g/mol. The van der Waals surface area contributed by atoms with Gasteiger partial charge in [-0.1, -0.05) is 32.0 Å². The van der Waals surface area contributed by atoms with Crippen molar-refractivity contribution in [2.45, 2.75) is 39.8 Å². The fraction of sp³-hybridized carbons (Fsp3) is 0.500. The van der Waals surface area contributed by atoms with Gasteiger partial charge in [-0.05, 0) is 31.4 Å². The molecule has 0 aliphatic rings. The number of aryl methyl sites for hydroxylation is 1. The molecule has 104 valence electrons. The molecule has 2 N–H and O–H groups in total. The van der Waals surface area contributed by atoms with Gasteiger partial charge >= 0.3 is 0 Å². The molecule has 0 fully saturated rings. The van der Waals surface area contributed by atoms with E-state index < -0.39 is 0 Å². The molecule has 3 nitrogen and oxygen atoms in total. The van der Waals surface area contributed by atoms with Crippen LogP contribution in [0.15, 0.2) is 28.7 Å². The highest BCUT2D eigenvalue weighted by Crippen LogP contribution is 2.29. The van der Waals surface area contributed by atoms with E-state index in [1.807, 2.05) is 38.1 Å². The minimum atomic E-state index is -0.230. The van der Waals surface area contributed by atoms with Crippen molar-refractivity contribution in [2.24, 2.45) is 11.7 Å². The van der Waals surface area contributed by atoms with Gasteiger partial charge in [-0.3, -0.25) is 0 Å². The number of benzene rings is 1. The summed E-state index contributed by atoms with van der Waals surface area (Å²) in [5.74, 6) is 1.15. The zero-order valence-electron chi connectivity index (χ0n) is 12.1. The molecule has 2 unspecified atom stereocenters. The van der Waals surface area contributed by atoms with E-state index in [4.69, 9.17) is 14.9 Å². The van der Waals surface area contributed by atoms with E-state index in [0.29, 0.717) is 12.5 Å². The van der Waals surface area contributed by atoms with Crippen molar-refractivity contribution in [1.82, 2.24) is 0 Å². The first kappa shape index (κ1) is 14.1. The van der Waals surface area contributed by atoms with Gasteiger partial charge in [0.2, 0.25) is 0 Å². The predicted octanol–water partition coefficient (Wildman–Crippen LogP) is 3.80. The lowest BCUT2D eigenvalue weighted by molar-refractivity contribution is 0.00794. The maximum atomic E-state index is 6.32. The number of para-hydroxylation sites is 1. The Morgan fingerprint density at radius 3 is 2.63 bits per heavy atom. The maximum Gasteiger partial charge on any atom is 0.137 e. The van der Waals surface area contributed by atoms with Crippen molar-refractivity contribution >= 4 is 11.0 Å². The van der Waals surface area contributed by atoms with Gasteiger partial charge in [-0.25, -0.2) is 0 Å². The Bertz CT molecular complexity index is 545. The molecular formula is C16H23NO2. The molecule has 1 aromatic heterocycles. The Balaban J connectivity index is 2.34. The topological polar surface area (TPSA) is 48.4 Å². The Hall–Kier alpha value is -1.32. The maximum absolute atomic E-state index is 6.32. The average molecular weight is 261 g/mol. The van der Waals surface area contributed by atoms with Crippen molar-refractivity contribution < 1.29 is 9.15 Å². The van der Waals surface area contributed by atoms with Gasteiger partial charge < -0.3 is 14.9 Å². The second kappa shape index (κ2) is 5.76. The summed E-state index contributed by atoms with van der Waals surface area (Å²) in [6, 6.07) is 7.93. The fourth-order valence-electron chi connectivity index (χ4n) is 2.46. The lowest BCUT2D eigenvalue weighted by atomic mass is 9.98. The third-order valence-corrected chi connectivity index (χ3v) is 3.46. The van der Waals surface area contributed by atoms with Gasteiger partial charge in [0.05, 0.1) is 12.1 Å². The van der Waals surface area contributed by atoms with Crippen molar-refractivity contribution in [3.63, 3.8) is 0 Å². The molecule has 0 bridgehead atoms. The van der Waals surface area contributed by atoms with Crippen LogP contribution in [-0.2, 0) is 4.74 Å². The van der Waals surface area contributed by atoms with Gasteiger partial charge in [0.25, 0.3) is 0 Å². The number of ether oxygens (including phenoxy) is 1. The van der Waals surface area contributed by atoms with Gasteiger partial charge in [-0.15, -0.1) is 0 Å². The number of hydrogen-bond donors (Lipinski definition) is 1. The van der Waals surface area contributed by atoms with E-state index in [0.717, 1.165) is 22.3 Å². The van der Waals surface area contributed by atoms with Crippen LogP contribution >= 0.6 is 0 Å². The van der Waals surface area contributed by atoms with Crippen LogP contribution in [0.5, 0.6) is 0 Å². The second-order valence-electron chi connectivity index (χ2n) is 5.33. The lowest BCUT2D eigenvalue weighted by Crippen LogP contribution is -2.33. The first-order valence-corrected chi connectivity index (χ1v) is 6.90. The summed E-state index contributed by atoms with van der Waals surface area (Å²) in [5.41, 5.74) is 8.38. The molecule has 0 saturated carbocycles. The molecule has 0 radical (unpaired) electrons. The van der Waals surface area contributed by atoms with Crippen LogP contribution < -0.4 is 5.73 Å². The zero-order chi connectivity index (χ0) is 14.0. The second-order valence-corrected chi connectivity index (χ2v) is 5.33. The van der Waals surface area contributed by atoms with Gasteiger partial charge in [0.1, 0.15) is 11.3 Å². The van der Waals surface area contributed by atoms with Crippen LogP contribution in [0.1, 0.15) is 38.1 Å².